The molecule has 4 heteroatoms. The monoisotopic (exact) mass is 340 g/mol. The number of benzene rings is 2. The first-order valence-corrected chi connectivity index (χ1v) is 8.77. The van der Waals surface area contributed by atoms with Crippen molar-refractivity contribution in [1.29, 1.82) is 0 Å². The summed E-state index contributed by atoms with van der Waals surface area (Å²) >= 11 is 0. The summed E-state index contributed by atoms with van der Waals surface area (Å²) in [5.74, 6) is 0.0885. The summed E-state index contributed by atoms with van der Waals surface area (Å²) in [5.41, 5.74) is 2.23. The lowest BCUT2D eigenvalue weighted by Gasteiger charge is -2.27. The Bertz CT molecular complexity index is 643. The number of carbonyl (C=O) groups excluding carboxylic acids is 1. The predicted molar refractivity (Wildman–Crippen MR) is 101 cm³/mol. The molecule has 0 aliphatic heterocycles. The molecule has 2 amide bonds. The molecule has 2 aromatic rings. The van der Waals surface area contributed by atoms with E-state index in [4.69, 9.17) is 0 Å². The van der Waals surface area contributed by atoms with Crippen LogP contribution in [0.1, 0.15) is 43.4 Å². The van der Waals surface area contributed by atoms with Gasteiger partial charge in [-0.2, -0.15) is 0 Å². The second kappa shape index (κ2) is 9.23. The van der Waals surface area contributed by atoms with Crippen molar-refractivity contribution in [3.05, 3.63) is 71.8 Å². The number of urea groups is 1. The van der Waals surface area contributed by atoms with Crippen LogP contribution < -0.4 is 5.32 Å². The highest BCUT2D eigenvalue weighted by Crippen LogP contribution is 2.21. The molecule has 0 radical (unpaired) electrons. The number of hydrogen-bond acceptors (Lipinski definition) is 2. The molecule has 0 aliphatic carbocycles. The fourth-order valence-corrected chi connectivity index (χ4v) is 2.94. The Morgan fingerprint density at radius 2 is 1.52 bits per heavy atom. The van der Waals surface area contributed by atoms with E-state index in [1.165, 1.54) is 0 Å². The zero-order valence-electron chi connectivity index (χ0n) is 15.2. The van der Waals surface area contributed by atoms with Gasteiger partial charge in [0.2, 0.25) is 0 Å². The molecular weight excluding hydrogens is 312 g/mol. The Labute approximate surface area is 150 Å². The van der Waals surface area contributed by atoms with Crippen molar-refractivity contribution in [3.63, 3.8) is 0 Å². The molecule has 0 saturated heterocycles. The van der Waals surface area contributed by atoms with Crippen molar-refractivity contribution in [1.82, 2.24) is 10.2 Å². The Kier molecular flexibility index (Phi) is 7.02. The van der Waals surface area contributed by atoms with Gasteiger partial charge in [-0.15, -0.1) is 0 Å². The molecule has 0 aliphatic rings. The van der Waals surface area contributed by atoms with Crippen LogP contribution >= 0.6 is 0 Å². The third-order valence-electron chi connectivity index (χ3n) is 4.58. The number of aliphatic hydroxyl groups excluding tert-OH is 1. The van der Waals surface area contributed by atoms with E-state index in [-0.39, 0.29) is 18.0 Å². The average Bonchev–Trinajstić information content (AvgIpc) is 2.64. The maximum atomic E-state index is 12.5. The number of carbonyl (C=O) groups is 1. The van der Waals surface area contributed by atoms with Gasteiger partial charge in [-0.1, -0.05) is 60.7 Å². The lowest BCUT2D eigenvalue weighted by atomic mass is 9.93. The molecule has 134 valence electrons. The Morgan fingerprint density at radius 3 is 2.04 bits per heavy atom. The molecule has 0 fully saturated rings. The maximum absolute atomic E-state index is 12.5. The van der Waals surface area contributed by atoms with Crippen LogP contribution in [0.25, 0.3) is 0 Å². The summed E-state index contributed by atoms with van der Waals surface area (Å²) in [6.45, 7) is 4.29. The van der Waals surface area contributed by atoms with Gasteiger partial charge >= 0.3 is 6.03 Å². The minimum absolute atomic E-state index is 0.00635. The lowest BCUT2D eigenvalue weighted by Crippen LogP contribution is -2.40. The van der Waals surface area contributed by atoms with Gasteiger partial charge in [-0.25, -0.2) is 4.79 Å². The molecule has 3 atom stereocenters. The van der Waals surface area contributed by atoms with E-state index in [9.17, 15) is 9.90 Å². The number of rotatable bonds is 7. The molecule has 0 bridgehead atoms. The summed E-state index contributed by atoms with van der Waals surface area (Å²) in [6, 6.07) is 19.9. The van der Waals surface area contributed by atoms with E-state index >= 15 is 0 Å². The molecule has 3 unspecified atom stereocenters. The fourth-order valence-electron chi connectivity index (χ4n) is 2.94. The molecule has 0 heterocycles. The van der Waals surface area contributed by atoms with E-state index < -0.39 is 6.10 Å². The highest BCUT2D eigenvalue weighted by molar-refractivity contribution is 5.74. The van der Waals surface area contributed by atoms with Crippen molar-refractivity contribution < 1.29 is 9.90 Å². The molecule has 0 aromatic heterocycles. The molecule has 25 heavy (non-hydrogen) atoms. The van der Waals surface area contributed by atoms with Gasteiger partial charge in [-0.3, -0.25) is 0 Å². The van der Waals surface area contributed by atoms with Crippen molar-refractivity contribution in [3.8, 4) is 0 Å². The van der Waals surface area contributed by atoms with Crippen LogP contribution in [-0.4, -0.2) is 35.7 Å². The minimum Gasteiger partial charge on any atom is -0.393 e. The maximum Gasteiger partial charge on any atom is 0.317 e. The van der Waals surface area contributed by atoms with Crippen molar-refractivity contribution in [2.45, 2.75) is 38.3 Å². The van der Waals surface area contributed by atoms with Gasteiger partial charge in [-0.05, 0) is 31.4 Å². The van der Waals surface area contributed by atoms with Crippen LogP contribution in [0.15, 0.2) is 60.7 Å². The number of nitrogens with zero attached hydrogens (tertiary/aromatic N) is 1. The number of amides is 2. The summed E-state index contributed by atoms with van der Waals surface area (Å²) in [6.07, 6.45) is 0.200. The van der Waals surface area contributed by atoms with Crippen LogP contribution in [0, 0.1) is 0 Å². The normalized spacial score (nSPS) is 14.4. The standard InChI is InChI=1S/C21H28N2O2/c1-16(24)14-20(19-12-8-5-9-13-19)15-22-21(25)23(3)17(2)18-10-6-4-7-11-18/h4-13,16-17,20,24H,14-15H2,1-3H3,(H,22,25). The molecule has 0 spiro atoms. The van der Waals surface area contributed by atoms with Crippen molar-refractivity contribution in [2.75, 3.05) is 13.6 Å². The number of nitrogens with one attached hydrogen (secondary N) is 1. The first-order valence-electron chi connectivity index (χ1n) is 8.77. The van der Waals surface area contributed by atoms with Gasteiger partial charge in [0.25, 0.3) is 0 Å². The zero-order chi connectivity index (χ0) is 18.2. The Morgan fingerprint density at radius 1 is 1.00 bits per heavy atom. The largest absolute Gasteiger partial charge is 0.393 e. The fraction of sp³-hybridized carbons (Fsp3) is 0.381. The third-order valence-corrected chi connectivity index (χ3v) is 4.58. The highest BCUT2D eigenvalue weighted by Gasteiger charge is 2.20. The summed E-state index contributed by atoms with van der Waals surface area (Å²) in [5, 5.41) is 12.8. The van der Waals surface area contributed by atoms with Crippen LogP contribution in [-0.2, 0) is 0 Å². The molecule has 2 N–H and O–H groups in total. The van der Waals surface area contributed by atoms with Gasteiger partial charge in [0, 0.05) is 19.5 Å². The molecule has 0 saturated carbocycles. The van der Waals surface area contributed by atoms with Crippen LogP contribution in [0.5, 0.6) is 0 Å². The molecule has 4 nitrogen and oxygen atoms in total. The average molecular weight is 340 g/mol. The highest BCUT2D eigenvalue weighted by atomic mass is 16.3. The van der Waals surface area contributed by atoms with E-state index in [0.717, 1.165) is 11.1 Å². The number of aliphatic hydroxyl groups is 1. The minimum atomic E-state index is -0.414. The topological polar surface area (TPSA) is 52.6 Å². The second-order valence-electron chi connectivity index (χ2n) is 6.58. The second-order valence-corrected chi connectivity index (χ2v) is 6.58. The van der Waals surface area contributed by atoms with Crippen molar-refractivity contribution in [2.24, 2.45) is 0 Å². The zero-order valence-corrected chi connectivity index (χ0v) is 15.2. The van der Waals surface area contributed by atoms with Crippen LogP contribution in [0.2, 0.25) is 0 Å². The smallest absolute Gasteiger partial charge is 0.317 e. The first-order chi connectivity index (χ1) is 12.0. The summed E-state index contributed by atoms with van der Waals surface area (Å²) in [7, 11) is 1.80. The molecule has 2 aromatic carbocycles. The van der Waals surface area contributed by atoms with Gasteiger partial charge in [0.15, 0.2) is 0 Å². The molecular formula is C21H28N2O2. The third kappa shape index (κ3) is 5.61. The quantitative estimate of drug-likeness (QED) is 0.802. The first kappa shape index (κ1) is 19.0. The van der Waals surface area contributed by atoms with Gasteiger partial charge in [0.05, 0.1) is 12.1 Å². The van der Waals surface area contributed by atoms with E-state index in [1.54, 1.807) is 18.9 Å². The van der Waals surface area contributed by atoms with Gasteiger partial charge in [0.1, 0.15) is 0 Å². The Hall–Kier alpha value is -2.33. The van der Waals surface area contributed by atoms with Crippen molar-refractivity contribution >= 4 is 6.03 Å². The van der Waals surface area contributed by atoms with E-state index in [0.29, 0.717) is 13.0 Å². The van der Waals surface area contributed by atoms with Crippen LogP contribution in [0.4, 0.5) is 4.79 Å². The summed E-state index contributed by atoms with van der Waals surface area (Å²) < 4.78 is 0. The lowest BCUT2D eigenvalue weighted by molar-refractivity contribution is 0.170. The van der Waals surface area contributed by atoms with E-state index in [2.05, 4.69) is 5.32 Å². The Balaban J connectivity index is 1.98. The van der Waals surface area contributed by atoms with Crippen LogP contribution in [0.3, 0.4) is 0 Å². The SMILES string of the molecule is CC(O)CC(CNC(=O)N(C)C(C)c1ccccc1)c1ccccc1. The molecule has 2 rings (SSSR count). The number of hydrogen-bond donors (Lipinski definition) is 2. The summed E-state index contributed by atoms with van der Waals surface area (Å²) in [4.78, 5) is 14.2. The van der Waals surface area contributed by atoms with E-state index in [1.807, 2.05) is 67.6 Å². The van der Waals surface area contributed by atoms with Gasteiger partial charge < -0.3 is 15.3 Å². The predicted octanol–water partition coefficient (Wildman–Crippen LogP) is 3.94.